The van der Waals surface area contributed by atoms with Crippen LogP contribution in [0.3, 0.4) is 0 Å². The predicted molar refractivity (Wildman–Crippen MR) is 106 cm³/mol. The summed E-state index contributed by atoms with van der Waals surface area (Å²) in [4.78, 5) is 51.8. The number of aryl methyl sites for hydroxylation is 1. The van der Waals surface area contributed by atoms with Gasteiger partial charge in [0, 0.05) is 20.6 Å². The highest BCUT2D eigenvalue weighted by atomic mass is 16.3. The van der Waals surface area contributed by atoms with Crippen LogP contribution in [0.15, 0.2) is 45.8 Å². The van der Waals surface area contributed by atoms with E-state index in [0.29, 0.717) is 23.3 Å². The Hall–Kier alpha value is -3.99. The third-order valence-electron chi connectivity index (χ3n) is 4.92. The fourth-order valence-corrected chi connectivity index (χ4v) is 3.29. The highest BCUT2D eigenvalue weighted by Crippen LogP contribution is 2.15. The minimum absolute atomic E-state index is 0.0207. The minimum Gasteiger partial charge on any atom is -0.369 e. The van der Waals surface area contributed by atoms with E-state index in [2.05, 4.69) is 15.6 Å². The second-order valence-electron chi connectivity index (χ2n) is 6.92. The third kappa shape index (κ3) is 3.20. The lowest BCUT2D eigenvalue weighted by Gasteiger charge is -2.21. The normalized spacial score (nSPS) is 18.0. The number of amides is 3. The maximum absolute atomic E-state index is 12.5. The third-order valence-corrected chi connectivity index (χ3v) is 4.92. The second kappa shape index (κ2) is 7.12. The highest BCUT2D eigenvalue weighted by Gasteiger charge is 2.27. The molecule has 3 amide bonds. The molecule has 11 heteroatoms. The maximum atomic E-state index is 12.5. The first kappa shape index (κ1) is 19.3. The van der Waals surface area contributed by atoms with E-state index < -0.39 is 29.4 Å². The lowest BCUT2D eigenvalue weighted by Crippen LogP contribution is -2.53. The molecule has 0 spiro atoms. The van der Waals surface area contributed by atoms with E-state index in [-0.39, 0.29) is 5.57 Å². The molecule has 1 saturated heterocycles. The average molecular weight is 410 g/mol. The summed E-state index contributed by atoms with van der Waals surface area (Å²) in [5.74, 6) is -0.665. The van der Waals surface area contributed by atoms with E-state index in [0.717, 1.165) is 10.1 Å². The van der Waals surface area contributed by atoms with Crippen molar-refractivity contribution in [2.45, 2.75) is 12.8 Å². The van der Waals surface area contributed by atoms with Crippen LogP contribution in [-0.2, 0) is 25.4 Å². The number of rotatable bonds is 3. The average Bonchev–Trinajstić information content (AvgIpc) is 3.12. The smallest absolute Gasteiger partial charge is 0.332 e. The molecular weight excluding hydrogens is 392 g/mol. The van der Waals surface area contributed by atoms with Gasteiger partial charge in [-0.2, -0.15) is 0 Å². The van der Waals surface area contributed by atoms with E-state index in [1.54, 1.807) is 35.9 Å². The zero-order valence-electron chi connectivity index (χ0n) is 16.1. The molecule has 1 aliphatic rings. The first-order chi connectivity index (χ1) is 14.3. The van der Waals surface area contributed by atoms with Gasteiger partial charge >= 0.3 is 11.7 Å². The van der Waals surface area contributed by atoms with Gasteiger partial charge in [-0.15, -0.1) is 0 Å². The Labute approximate surface area is 168 Å². The van der Waals surface area contributed by atoms with E-state index in [1.165, 1.54) is 24.0 Å². The van der Waals surface area contributed by atoms with Gasteiger partial charge in [0.1, 0.15) is 0 Å². The molecule has 154 valence electrons. The molecule has 1 aromatic carbocycles. The molecular formula is C19H18N6O5. The molecule has 11 nitrogen and oxygen atoms in total. The summed E-state index contributed by atoms with van der Waals surface area (Å²) in [5.41, 5.74) is 1.29. The van der Waals surface area contributed by atoms with Gasteiger partial charge in [0.25, 0.3) is 11.5 Å². The van der Waals surface area contributed by atoms with Crippen LogP contribution >= 0.6 is 0 Å². The summed E-state index contributed by atoms with van der Waals surface area (Å²) in [7, 11) is 2.98. The molecule has 0 saturated carbocycles. The van der Waals surface area contributed by atoms with Crippen LogP contribution in [0.2, 0.25) is 0 Å². The number of nitrogens with one attached hydrogen (secondary N) is 2. The number of aliphatic hydroxyl groups is 1. The summed E-state index contributed by atoms with van der Waals surface area (Å²) >= 11 is 0. The summed E-state index contributed by atoms with van der Waals surface area (Å²) in [6, 6.07) is 6.33. The van der Waals surface area contributed by atoms with Gasteiger partial charge in [-0.1, -0.05) is 24.3 Å². The largest absolute Gasteiger partial charge is 0.369 e. The second-order valence-corrected chi connectivity index (χ2v) is 6.92. The van der Waals surface area contributed by atoms with Gasteiger partial charge < -0.3 is 15.0 Å². The van der Waals surface area contributed by atoms with E-state index in [1.807, 2.05) is 0 Å². The highest BCUT2D eigenvalue weighted by molar-refractivity contribution is 6.09. The van der Waals surface area contributed by atoms with Crippen LogP contribution in [0.25, 0.3) is 17.2 Å². The molecule has 1 aliphatic heterocycles. The SMILES string of the molecule is Cn1c(=O)c2c(ncn2Cc2ccc(/C=C3/C(=O)NC(=O)NC3O)cc2)n(C)c1=O. The number of carbonyl (C=O) groups is 2. The zero-order chi connectivity index (χ0) is 21.6. The van der Waals surface area contributed by atoms with Crippen LogP contribution in [0.1, 0.15) is 11.1 Å². The van der Waals surface area contributed by atoms with Crippen LogP contribution in [0.4, 0.5) is 4.79 Å². The number of hydrogen-bond donors (Lipinski definition) is 3. The van der Waals surface area contributed by atoms with Crippen LogP contribution < -0.4 is 21.9 Å². The van der Waals surface area contributed by atoms with Crippen molar-refractivity contribution in [2.24, 2.45) is 14.1 Å². The Kier molecular flexibility index (Phi) is 4.59. The van der Waals surface area contributed by atoms with Gasteiger partial charge in [-0.05, 0) is 17.2 Å². The molecule has 4 rings (SSSR count). The summed E-state index contributed by atoms with van der Waals surface area (Å²) in [5, 5.41) is 14.1. The van der Waals surface area contributed by atoms with Crippen molar-refractivity contribution in [2.75, 3.05) is 0 Å². The first-order valence-electron chi connectivity index (χ1n) is 8.97. The molecule has 0 bridgehead atoms. The summed E-state index contributed by atoms with van der Waals surface area (Å²) < 4.78 is 4.02. The number of fused-ring (bicyclic) bond motifs is 1. The van der Waals surface area contributed by atoms with Crippen molar-refractivity contribution in [3.05, 3.63) is 68.1 Å². The van der Waals surface area contributed by atoms with E-state index >= 15 is 0 Å². The van der Waals surface area contributed by atoms with Crippen molar-refractivity contribution >= 4 is 29.2 Å². The molecule has 1 atom stereocenters. The van der Waals surface area contributed by atoms with Gasteiger partial charge in [-0.3, -0.25) is 24.0 Å². The topological polar surface area (TPSA) is 140 Å². The molecule has 3 N–H and O–H groups in total. The zero-order valence-corrected chi connectivity index (χ0v) is 16.1. The number of benzene rings is 1. The molecule has 0 aliphatic carbocycles. The monoisotopic (exact) mass is 410 g/mol. The summed E-state index contributed by atoms with van der Waals surface area (Å²) in [6.45, 7) is 0.347. The number of aliphatic hydroxyl groups excluding tert-OH is 1. The van der Waals surface area contributed by atoms with Crippen molar-refractivity contribution in [3.63, 3.8) is 0 Å². The fraction of sp³-hybridized carbons (Fsp3) is 0.211. The lowest BCUT2D eigenvalue weighted by molar-refractivity contribution is -0.118. The van der Waals surface area contributed by atoms with Gasteiger partial charge in [0.05, 0.1) is 11.9 Å². The molecule has 3 heterocycles. The number of aromatic nitrogens is 4. The number of imide groups is 1. The Morgan fingerprint density at radius 2 is 1.80 bits per heavy atom. The van der Waals surface area contributed by atoms with Crippen LogP contribution in [-0.4, -0.2) is 42.0 Å². The van der Waals surface area contributed by atoms with E-state index in [9.17, 15) is 24.3 Å². The maximum Gasteiger partial charge on any atom is 0.332 e. The minimum atomic E-state index is -1.38. The predicted octanol–water partition coefficient (Wildman–Crippen LogP) is -0.977. The van der Waals surface area contributed by atoms with Crippen LogP contribution in [0, 0.1) is 0 Å². The van der Waals surface area contributed by atoms with Gasteiger partial charge in [-0.25, -0.2) is 14.6 Å². The first-order valence-corrected chi connectivity index (χ1v) is 8.97. The summed E-state index contributed by atoms with van der Waals surface area (Å²) in [6.07, 6.45) is 1.60. The number of carbonyl (C=O) groups excluding carboxylic acids is 2. The van der Waals surface area contributed by atoms with Crippen molar-refractivity contribution < 1.29 is 14.7 Å². The molecule has 0 radical (unpaired) electrons. The molecule has 30 heavy (non-hydrogen) atoms. The number of imidazole rings is 1. The van der Waals surface area contributed by atoms with Gasteiger partial charge in [0.2, 0.25) is 0 Å². The number of urea groups is 1. The Morgan fingerprint density at radius 3 is 2.47 bits per heavy atom. The van der Waals surface area contributed by atoms with Gasteiger partial charge in [0.15, 0.2) is 17.4 Å². The lowest BCUT2D eigenvalue weighted by atomic mass is 10.1. The molecule has 1 fully saturated rings. The molecule has 3 aromatic rings. The van der Waals surface area contributed by atoms with Crippen molar-refractivity contribution in [1.82, 2.24) is 29.3 Å². The Bertz CT molecular complexity index is 1330. The molecule has 1 unspecified atom stereocenters. The number of nitrogens with zero attached hydrogens (tertiary/aromatic N) is 4. The van der Waals surface area contributed by atoms with Crippen molar-refractivity contribution in [3.8, 4) is 0 Å². The van der Waals surface area contributed by atoms with E-state index in [4.69, 9.17) is 0 Å². The van der Waals surface area contributed by atoms with Crippen molar-refractivity contribution in [1.29, 1.82) is 0 Å². The Morgan fingerprint density at radius 1 is 1.10 bits per heavy atom. The fourth-order valence-electron chi connectivity index (χ4n) is 3.29. The Balaban J connectivity index is 1.63. The molecule has 2 aromatic heterocycles. The standard InChI is InChI=1S/C19H18N6O5/c1-23-14-13(17(28)24(2)19(23)30)25(9-20-14)8-11-5-3-10(4-6-11)7-12-15(26)21-18(29)22-16(12)27/h3-7,9,15,26H,8H2,1-2H3,(H2,21,22,27,29)/b12-7+. The quantitative estimate of drug-likeness (QED) is 0.474. The number of hydrogen-bond acceptors (Lipinski definition) is 6. The van der Waals surface area contributed by atoms with Crippen LogP contribution in [0.5, 0.6) is 0 Å².